The number of pyridine rings is 1. The molecule has 2 aromatic heterocycles. The minimum absolute atomic E-state index is 0.746. The van der Waals surface area contributed by atoms with Gasteiger partial charge in [0, 0.05) is 13.2 Å². The van der Waals surface area contributed by atoms with E-state index in [0.717, 1.165) is 25.3 Å². The Morgan fingerprint density at radius 3 is 2.92 bits per heavy atom. The van der Waals surface area contributed by atoms with E-state index < -0.39 is 0 Å². The predicted octanol–water partition coefficient (Wildman–Crippen LogP) is 2.53. The molecule has 0 N–H and O–H groups in total. The van der Waals surface area contributed by atoms with Crippen molar-refractivity contribution in [2.24, 2.45) is 7.05 Å². The number of rotatable bonds is 0. The van der Waals surface area contributed by atoms with Crippen molar-refractivity contribution >= 4 is 45.2 Å². The highest BCUT2D eigenvalue weighted by Crippen LogP contribution is 2.28. The standard InChI is InChI=1S/C8H7ClIN3/c1-4-6-7(9)5(10)3-11-8(6)13(2)12-4/h3H,1-2H3. The maximum atomic E-state index is 6.14. The van der Waals surface area contributed by atoms with Crippen LogP contribution in [0.25, 0.3) is 11.0 Å². The third-order valence-corrected chi connectivity index (χ3v) is 3.45. The van der Waals surface area contributed by atoms with Crippen molar-refractivity contribution in [2.75, 3.05) is 0 Å². The summed E-state index contributed by atoms with van der Waals surface area (Å²) in [7, 11) is 1.87. The Bertz CT molecular complexity index is 478. The van der Waals surface area contributed by atoms with Gasteiger partial charge in [0.25, 0.3) is 0 Å². The van der Waals surface area contributed by atoms with E-state index >= 15 is 0 Å². The molecule has 0 aromatic carbocycles. The van der Waals surface area contributed by atoms with Crippen LogP contribution in [0.15, 0.2) is 6.20 Å². The molecule has 0 saturated carbocycles. The highest BCUT2D eigenvalue weighted by molar-refractivity contribution is 14.1. The maximum absolute atomic E-state index is 6.14. The van der Waals surface area contributed by atoms with Gasteiger partial charge in [-0.05, 0) is 29.5 Å². The molecule has 0 aliphatic heterocycles. The van der Waals surface area contributed by atoms with Crippen molar-refractivity contribution in [3.63, 3.8) is 0 Å². The number of aromatic nitrogens is 3. The van der Waals surface area contributed by atoms with Gasteiger partial charge in [-0.15, -0.1) is 0 Å². The van der Waals surface area contributed by atoms with E-state index in [4.69, 9.17) is 11.6 Å². The second kappa shape index (κ2) is 3.09. The summed E-state index contributed by atoms with van der Waals surface area (Å²) in [4.78, 5) is 4.27. The molecular formula is C8H7ClIN3. The van der Waals surface area contributed by atoms with Gasteiger partial charge >= 0.3 is 0 Å². The smallest absolute Gasteiger partial charge is 0.159 e. The molecule has 2 rings (SSSR count). The van der Waals surface area contributed by atoms with Gasteiger partial charge in [0.1, 0.15) is 0 Å². The van der Waals surface area contributed by atoms with Crippen LogP contribution in [0, 0.1) is 10.5 Å². The predicted molar refractivity (Wildman–Crippen MR) is 61.0 cm³/mol. The first-order chi connectivity index (χ1) is 6.11. The van der Waals surface area contributed by atoms with Gasteiger partial charge in [0.05, 0.1) is 19.7 Å². The van der Waals surface area contributed by atoms with E-state index in [1.807, 2.05) is 14.0 Å². The Morgan fingerprint density at radius 1 is 1.54 bits per heavy atom. The van der Waals surface area contributed by atoms with E-state index in [1.165, 1.54) is 0 Å². The summed E-state index contributed by atoms with van der Waals surface area (Å²) >= 11 is 8.31. The van der Waals surface area contributed by atoms with Gasteiger partial charge < -0.3 is 0 Å². The lowest BCUT2D eigenvalue weighted by atomic mass is 10.3. The zero-order valence-electron chi connectivity index (χ0n) is 7.17. The van der Waals surface area contributed by atoms with Crippen molar-refractivity contribution in [1.29, 1.82) is 0 Å². The largest absolute Gasteiger partial charge is 0.250 e. The van der Waals surface area contributed by atoms with E-state index in [2.05, 4.69) is 32.7 Å². The van der Waals surface area contributed by atoms with Crippen LogP contribution in [0.3, 0.4) is 0 Å². The average molecular weight is 308 g/mol. The number of nitrogens with zero attached hydrogens (tertiary/aromatic N) is 3. The first-order valence-electron chi connectivity index (χ1n) is 3.74. The summed E-state index contributed by atoms with van der Waals surface area (Å²) in [5.74, 6) is 0. The number of fused-ring (bicyclic) bond motifs is 1. The number of hydrogen-bond donors (Lipinski definition) is 0. The van der Waals surface area contributed by atoms with Gasteiger partial charge in [-0.3, -0.25) is 4.68 Å². The summed E-state index contributed by atoms with van der Waals surface area (Å²) in [6.45, 7) is 1.94. The van der Waals surface area contributed by atoms with E-state index in [0.29, 0.717) is 0 Å². The lowest BCUT2D eigenvalue weighted by Gasteiger charge is -1.97. The first kappa shape index (κ1) is 9.21. The molecule has 2 heterocycles. The quantitative estimate of drug-likeness (QED) is 0.700. The molecular weight excluding hydrogens is 300 g/mol. The molecule has 0 atom stereocenters. The molecule has 3 nitrogen and oxygen atoms in total. The summed E-state index contributed by atoms with van der Waals surface area (Å²) < 4.78 is 2.70. The van der Waals surface area contributed by atoms with Gasteiger partial charge in [-0.25, -0.2) is 4.98 Å². The fourth-order valence-corrected chi connectivity index (χ4v) is 2.02. The Hall–Kier alpha value is -0.360. The molecule has 0 unspecified atom stereocenters. The van der Waals surface area contributed by atoms with Crippen LogP contribution < -0.4 is 0 Å². The average Bonchev–Trinajstić information content (AvgIpc) is 2.35. The van der Waals surface area contributed by atoms with Crippen molar-refractivity contribution in [2.45, 2.75) is 6.92 Å². The minimum Gasteiger partial charge on any atom is -0.250 e. The normalized spacial score (nSPS) is 11.1. The molecule has 0 saturated heterocycles. The Balaban J connectivity index is 2.98. The van der Waals surface area contributed by atoms with Gasteiger partial charge in [-0.2, -0.15) is 5.10 Å². The van der Waals surface area contributed by atoms with Crippen LogP contribution in [0.2, 0.25) is 5.02 Å². The van der Waals surface area contributed by atoms with Gasteiger partial charge in [-0.1, -0.05) is 11.6 Å². The third-order valence-electron chi connectivity index (χ3n) is 1.92. The minimum atomic E-state index is 0.746. The Kier molecular flexibility index (Phi) is 2.19. The lowest BCUT2D eigenvalue weighted by Crippen LogP contribution is -1.91. The first-order valence-corrected chi connectivity index (χ1v) is 5.20. The number of aryl methyl sites for hydroxylation is 2. The molecule has 0 amide bonds. The summed E-state index contributed by atoms with van der Waals surface area (Å²) in [6.07, 6.45) is 1.76. The lowest BCUT2D eigenvalue weighted by molar-refractivity contribution is 0.774. The number of hydrogen-bond acceptors (Lipinski definition) is 2. The van der Waals surface area contributed by atoms with Crippen molar-refractivity contribution in [3.05, 3.63) is 20.5 Å². The fraction of sp³-hybridized carbons (Fsp3) is 0.250. The molecule has 0 bridgehead atoms. The second-order valence-corrected chi connectivity index (χ2v) is 4.37. The highest BCUT2D eigenvalue weighted by Gasteiger charge is 2.11. The molecule has 2 aromatic rings. The fourth-order valence-electron chi connectivity index (χ4n) is 1.34. The van der Waals surface area contributed by atoms with Gasteiger partial charge in [0.15, 0.2) is 5.65 Å². The molecule has 0 fully saturated rings. The monoisotopic (exact) mass is 307 g/mol. The number of halogens is 2. The highest BCUT2D eigenvalue weighted by atomic mass is 127. The van der Waals surface area contributed by atoms with Crippen LogP contribution in [0.4, 0.5) is 0 Å². The maximum Gasteiger partial charge on any atom is 0.159 e. The molecule has 0 aliphatic carbocycles. The molecule has 5 heteroatoms. The third kappa shape index (κ3) is 1.32. The SMILES string of the molecule is Cc1nn(C)c2ncc(I)c(Cl)c12. The van der Waals surface area contributed by atoms with Crippen molar-refractivity contribution < 1.29 is 0 Å². The molecule has 0 spiro atoms. The van der Waals surface area contributed by atoms with E-state index in [9.17, 15) is 0 Å². The van der Waals surface area contributed by atoms with E-state index in [1.54, 1.807) is 10.9 Å². The Morgan fingerprint density at radius 2 is 2.23 bits per heavy atom. The van der Waals surface area contributed by atoms with E-state index in [-0.39, 0.29) is 0 Å². The topological polar surface area (TPSA) is 30.7 Å². The van der Waals surface area contributed by atoms with Crippen LogP contribution in [-0.2, 0) is 7.05 Å². The zero-order valence-corrected chi connectivity index (χ0v) is 10.1. The molecule has 0 radical (unpaired) electrons. The van der Waals surface area contributed by atoms with Gasteiger partial charge in [0.2, 0.25) is 0 Å². The van der Waals surface area contributed by atoms with Crippen LogP contribution in [0.5, 0.6) is 0 Å². The zero-order chi connectivity index (χ0) is 9.59. The Labute approximate surface area is 94.2 Å². The van der Waals surface area contributed by atoms with Crippen molar-refractivity contribution in [1.82, 2.24) is 14.8 Å². The summed E-state index contributed by atoms with van der Waals surface area (Å²) in [5, 5.41) is 5.96. The molecule has 0 aliphatic rings. The second-order valence-electron chi connectivity index (χ2n) is 2.83. The summed E-state index contributed by atoms with van der Waals surface area (Å²) in [6, 6.07) is 0. The van der Waals surface area contributed by atoms with Crippen LogP contribution >= 0.6 is 34.2 Å². The molecule has 13 heavy (non-hydrogen) atoms. The van der Waals surface area contributed by atoms with Crippen LogP contribution in [-0.4, -0.2) is 14.8 Å². The molecule has 68 valence electrons. The van der Waals surface area contributed by atoms with Crippen molar-refractivity contribution in [3.8, 4) is 0 Å². The summed E-state index contributed by atoms with van der Waals surface area (Å²) in [5.41, 5.74) is 1.76. The van der Waals surface area contributed by atoms with Crippen LogP contribution in [0.1, 0.15) is 5.69 Å².